The summed E-state index contributed by atoms with van der Waals surface area (Å²) in [4.78, 5) is 9.44. The predicted octanol–water partition coefficient (Wildman–Crippen LogP) is 4.67. The smallest absolute Gasteiger partial charge is 0.261 e. The molecule has 180 valence electrons. The fourth-order valence-corrected chi connectivity index (χ4v) is 4.41. The van der Waals surface area contributed by atoms with E-state index in [1.54, 1.807) is 0 Å². The van der Waals surface area contributed by atoms with E-state index < -0.39 is 0 Å². The van der Waals surface area contributed by atoms with Crippen molar-refractivity contribution in [3.63, 3.8) is 0 Å². The zero-order valence-electron chi connectivity index (χ0n) is 22.8. The van der Waals surface area contributed by atoms with Crippen LogP contribution in [0.15, 0.2) is 0 Å². The van der Waals surface area contributed by atoms with Gasteiger partial charge in [-0.05, 0) is 28.2 Å². The van der Waals surface area contributed by atoms with E-state index in [-0.39, 0.29) is 14.1 Å². The van der Waals surface area contributed by atoms with Crippen LogP contribution in [0.4, 0.5) is 0 Å². The van der Waals surface area contributed by atoms with Gasteiger partial charge in [0.1, 0.15) is 16.3 Å². The minimum Gasteiger partial charge on any atom is -0.304 e. The molecule has 0 spiro atoms. The zero-order valence-corrected chi connectivity index (χ0v) is 25.2. The Morgan fingerprint density at radius 1 is 0.500 bits per heavy atom. The molecule has 6 heteroatoms. The lowest BCUT2D eigenvalue weighted by molar-refractivity contribution is 0.181. The maximum Gasteiger partial charge on any atom is 0.261 e. The molecule has 0 saturated carbocycles. The van der Waals surface area contributed by atoms with Crippen LogP contribution in [0.5, 0.6) is 0 Å². The van der Waals surface area contributed by atoms with Crippen LogP contribution in [-0.2, 0) is 0 Å². The molecule has 0 aromatic heterocycles. The average Bonchev–Trinajstić information content (AvgIpc) is 2.75. The van der Waals surface area contributed by atoms with Crippen molar-refractivity contribution < 1.29 is 0 Å². The van der Waals surface area contributed by atoms with Crippen LogP contribution in [0.3, 0.4) is 0 Å². The van der Waals surface area contributed by atoms with E-state index in [1.807, 2.05) is 0 Å². The number of hydrogen-bond donors (Lipinski definition) is 0. The quantitative estimate of drug-likeness (QED) is 0.570. The van der Waals surface area contributed by atoms with Crippen molar-refractivity contribution in [1.29, 1.82) is 0 Å². The van der Waals surface area contributed by atoms with E-state index in [2.05, 4.69) is 106 Å². The second kappa shape index (κ2) is 27.9. The van der Waals surface area contributed by atoms with Crippen LogP contribution in [-0.4, -0.2) is 131 Å². The van der Waals surface area contributed by atoms with Gasteiger partial charge in [0.2, 0.25) is 0 Å². The first kappa shape index (κ1) is 35.5. The molecule has 2 heterocycles. The summed E-state index contributed by atoms with van der Waals surface area (Å²) in [6.07, 6.45) is 2.64. The van der Waals surface area contributed by atoms with Gasteiger partial charge >= 0.3 is 0 Å². The molecule has 2 saturated heterocycles. The number of nitrogens with zero attached hydrogens (tertiary/aromatic N) is 4. The maximum atomic E-state index is 2.58. The maximum absolute atomic E-state index is 2.58. The van der Waals surface area contributed by atoms with Crippen LogP contribution in [0.25, 0.3) is 0 Å². The van der Waals surface area contributed by atoms with Gasteiger partial charge in [-0.15, -0.1) is 5.28 Å². The second-order valence-corrected chi connectivity index (χ2v) is 13.7. The van der Waals surface area contributed by atoms with Crippen molar-refractivity contribution in [2.24, 2.45) is 0 Å². The molecule has 2 aliphatic heterocycles. The number of hydrogen-bond acceptors (Lipinski definition) is 4. The van der Waals surface area contributed by atoms with Gasteiger partial charge in [0.15, 0.2) is 0 Å². The monoisotopic (exact) mass is 456 g/mol. The molecule has 0 atom stereocenters. The van der Waals surface area contributed by atoms with Crippen molar-refractivity contribution in [2.45, 2.75) is 75.5 Å². The summed E-state index contributed by atoms with van der Waals surface area (Å²) in [6, 6.07) is 0. The first-order valence-corrected chi connectivity index (χ1v) is 16.0. The molecule has 2 fully saturated rings. The molecule has 0 amide bonds. The standard InChI is InChI=1S/2C6H14N2.C4H10.4C2H5.2Al/c2*1-7-3-5-8(2)6-4-7;1-3-4-2;4*1-2;;/h2*3-6H2,1-2H3;3-4H2,1-2H3;4*1H2,2H3;;. The molecule has 30 heavy (non-hydrogen) atoms. The second-order valence-electron chi connectivity index (χ2n) is 8.71. The molecular formula is C24H58Al2N4. The highest BCUT2D eigenvalue weighted by Crippen LogP contribution is 2.01. The molecular weight excluding hydrogens is 398 g/mol. The van der Waals surface area contributed by atoms with Gasteiger partial charge in [-0.2, -0.15) is 0 Å². The molecule has 0 N–H and O–H groups in total. The summed E-state index contributed by atoms with van der Waals surface area (Å²) in [5.74, 6) is 0. The van der Waals surface area contributed by atoms with Gasteiger partial charge < -0.3 is 19.6 Å². The summed E-state index contributed by atoms with van der Waals surface area (Å²) >= 11 is 2.41. The third kappa shape index (κ3) is 28.9. The Balaban J connectivity index is -0.000000318. The topological polar surface area (TPSA) is 13.0 Å². The van der Waals surface area contributed by atoms with E-state index in [0.29, 0.717) is 0 Å². The SMILES string of the molecule is CCCC.CN1CCN(C)CC1.CN1CCN(C)CC1.C[CH2][Al].C[CH2][Al]([CH2]C)[CH2]C. The normalized spacial score (nSPS) is 17.7. The van der Waals surface area contributed by atoms with E-state index in [9.17, 15) is 0 Å². The van der Waals surface area contributed by atoms with E-state index in [1.165, 1.54) is 86.3 Å². The number of piperazine rings is 2. The molecule has 2 aliphatic rings. The van der Waals surface area contributed by atoms with E-state index >= 15 is 0 Å². The molecule has 2 radical (unpaired) electrons. The molecule has 0 bridgehead atoms. The van der Waals surface area contributed by atoms with Gasteiger partial charge in [0, 0.05) is 52.4 Å². The Morgan fingerprint density at radius 2 is 0.667 bits per heavy atom. The Bertz CT molecular complexity index is 241. The lowest BCUT2D eigenvalue weighted by Gasteiger charge is -2.28. The number of rotatable bonds is 4. The fraction of sp³-hybridized carbons (Fsp3) is 1.00. The molecule has 4 nitrogen and oxygen atoms in total. The predicted molar refractivity (Wildman–Crippen MR) is 144 cm³/mol. The Labute approximate surface area is 205 Å². The molecule has 0 unspecified atom stereocenters. The molecule has 0 aliphatic carbocycles. The van der Waals surface area contributed by atoms with Gasteiger partial charge in [0.25, 0.3) is 14.1 Å². The number of unbranched alkanes of at least 4 members (excludes halogenated alkanes) is 1. The summed E-state index contributed by atoms with van der Waals surface area (Å²) < 4.78 is 0. The van der Waals surface area contributed by atoms with Gasteiger partial charge in [-0.3, -0.25) is 0 Å². The van der Waals surface area contributed by atoms with Crippen molar-refractivity contribution in [3.8, 4) is 0 Å². The Kier molecular flexibility index (Phi) is 33.1. The number of likely N-dealkylation sites (N-methyl/N-ethyl adjacent to an activating group) is 4. The minimum absolute atomic E-state index is 0.171. The largest absolute Gasteiger partial charge is 0.304 e. The van der Waals surface area contributed by atoms with Crippen molar-refractivity contribution >= 4 is 30.4 Å². The third-order valence-electron chi connectivity index (χ3n) is 5.69. The lowest BCUT2D eigenvalue weighted by Crippen LogP contribution is -2.42. The minimum atomic E-state index is -0.171. The molecule has 2 rings (SSSR count). The first-order chi connectivity index (χ1) is 14.2. The van der Waals surface area contributed by atoms with Crippen LogP contribution in [0, 0.1) is 0 Å². The first-order valence-electron chi connectivity index (χ1n) is 12.7. The fourth-order valence-electron chi connectivity index (χ4n) is 2.68. The lowest BCUT2D eigenvalue weighted by atomic mass is 10.4. The van der Waals surface area contributed by atoms with Crippen molar-refractivity contribution in [1.82, 2.24) is 19.6 Å². The summed E-state index contributed by atoms with van der Waals surface area (Å²) in [7, 11) is 8.69. The van der Waals surface area contributed by atoms with Gasteiger partial charge in [-0.1, -0.05) is 70.2 Å². The van der Waals surface area contributed by atoms with Crippen LogP contribution >= 0.6 is 0 Å². The highest BCUT2D eigenvalue weighted by Gasteiger charge is 2.08. The molecule has 0 aromatic rings. The van der Waals surface area contributed by atoms with E-state index in [0.717, 1.165) is 0 Å². The Hall–Kier alpha value is 0.905. The van der Waals surface area contributed by atoms with Crippen LogP contribution in [0.1, 0.15) is 54.4 Å². The van der Waals surface area contributed by atoms with E-state index in [4.69, 9.17) is 0 Å². The third-order valence-corrected chi connectivity index (χ3v) is 9.15. The van der Waals surface area contributed by atoms with Gasteiger partial charge in [-0.25, -0.2) is 0 Å². The zero-order chi connectivity index (χ0) is 23.8. The summed E-state index contributed by atoms with van der Waals surface area (Å²) in [5.41, 5.74) is 0. The average molecular weight is 457 g/mol. The van der Waals surface area contributed by atoms with Gasteiger partial charge in [0.05, 0.1) is 0 Å². The summed E-state index contributed by atoms with van der Waals surface area (Å²) in [6.45, 7) is 23.3. The molecule has 0 aromatic carbocycles. The van der Waals surface area contributed by atoms with Crippen LogP contribution in [0.2, 0.25) is 21.1 Å². The highest BCUT2D eigenvalue weighted by atomic mass is 27.2. The van der Waals surface area contributed by atoms with Crippen LogP contribution < -0.4 is 0 Å². The Morgan fingerprint density at radius 3 is 0.733 bits per heavy atom. The van der Waals surface area contributed by atoms with Crippen molar-refractivity contribution in [3.05, 3.63) is 0 Å². The van der Waals surface area contributed by atoms with Crippen molar-refractivity contribution in [2.75, 3.05) is 80.5 Å². The highest BCUT2D eigenvalue weighted by molar-refractivity contribution is 6.58. The summed E-state index contributed by atoms with van der Waals surface area (Å²) in [5, 5.41) is 5.65.